The van der Waals surface area contributed by atoms with Crippen molar-refractivity contribution in [1.29, 1.82) is 0 Å². The van der Waals surface area contributed by atoms with Crippen LogP contribution in [0.5, 0.6) is 0 Å². The molecular weight excluding hydrogens is 280 g/mol. The van der Waals surface area contributed by atoms with E-state index < -0.39 is 0 Å². The first-order valence-corrected chi connectivity index (χ1v) is 6.51. The highest BCUT2D eigenvalue weighted by atomic mass is 35.5. The number of hydrogen-bond acceptors (Lipinski definition) is 5. The normalized spacial score (nSPS) is 10.2. The Labute approximate surface area is 121 Å². The van der Waals surface area contributed by atoms with Crippen molar-refractivity contribution in [1.82, 2.24) is 10.3 Å². The molecule has 106 valence electrons. The number of pyridine rings is 1. The van der Waals surface area contributed by atoms with E-state index in [0.717, 1.165) is 6.42 Å². The Kier molecular flexibility index (Phi) is 4.84. The molecule has 0 aliphatic carbocycles. The summed E-state index contributed by atoms with van der Waals surface area (Å²) in [4.78, 5) is 15.6. The van der Waals surface area contributed by atoms with Crippen LogP contribution >= 0.6 is 11.6 Å². The smallest absolute Gasteiger partial charge is 0.286 e. The van der Waals surface area contributed by atoms with Gasteiger partial charge in [0.05, 0.1) is 17.0 Å². The first kappa shape index (κ1) is 14.2. The van der Waals surface area contributed by atoms with E-state index in [1.807, 2.05) is 0 Å². The van der Waals surface area contributed by atoms with Crippen molar-refractivity contribution in [2.75, 3.05) is 24.1 Å². The monoisotopic (exact) mass is 294 g/mol. The molecule has 2 rings (SSSR count). The van der Waals surface area contributed by atoms with Crippen LogP contribution in [0.25, 0.3) is 0 Å². The first-order chi connectivity index (χ1) is 9.66. The molecule has 0 unspecified atom stereocenters. The van der Waals surface area contributed by atoms with E-state index in [1.54, 1.807) is 18.2 Å². The van der Waals surface area contributed by atoms with Crippen LogP contribution in [0.2, 0.25) is 5.02 Å². The third-order valence-electron chi connectivity index (χ3n) is 2.56. The van der Waals surface area contributed by atoms with Gasteiger partial charge < -0.3 is 20.8 Å². The Hall–Kier alpha value is -2.21. The third kappa shape index (κ3) is 3.89. The Morgan fingerprint density at radius 3 is 3.00 bits per heavy atom. The number of nitrogen functional groups attached to an aromatic ring is 1. The maximum absolute atomic E-state index is 11.6. The summed E-state index contributed by atoms with van der Waals surface area (Å²) < 4.78 is 4.98. The van der Waals surface area contributed by atoms with Crippen LogP contribution < -0.4 is 16.4 Å². The predicted molar refractivity (Wildman–Crippen MR) is 77.8 cm³/mol. The molecule has 0 aliphatic heterocycles. The Balaban J connectivity index is 1.68. The molecule has 0 bridgehead atoms. The van der Waals surface area contributed by atoms with Gasteiger partial charge >= 0.3 is 0 Å². The van der Waals surface area contributed by atoms with E-state index in [0.29, 0.717) is 35.4 Å². The molecule has 0 aliphatic rings. The van der Waals surface area contributed by atoms with Crippen molar-refractivity contribution in [2.45, 2.75) is 6.42 Å². The first-order valence-electron chi connectivity index (χ1n) is 6.13. The van der Waals surface area contributed by atoms with Gasteiger partial charge in [-0.05, 0) is 24.6 Å². The van der Waals surface area contributed by atoms with E-state index in [-0.39, 0.29) is 5.91 Å². The maximum atomic E-state index is 11.6. The molecule has 0 saturated heterocycles. The largest absolute Gasteiger partial charge is 0.459 e. The van der Waals surface area contributed by atoms with Crippen LogP contribution in [-0.2, 0) is 0 Å². The van der Waals surface area contributed by atoms with E-state index >= 15 is 0 Å². The molecule has 0 atom stereocenters. The number of aromatic nitrogens is 1. The fourth-order valence-corrected chi connectivity index (χ4v) is 1.76. The number of nitrogens with one attached hydrogen (secondary N) is 2. The molecule has 0 aromatic carbocycles. The van der Waals surface area contributed by atoms with Gasteiger partial charge in [0.25, 0.3) is 5.91 Å². The average Bonchev–Trinajstić information content (AvgIpc) is 2.94. The van der Waals surface area contributed by atoms with Gasteiger partial charge in [-0.2, -0.15) is 0 Å². The lowest BCUT2D eigenvalue weighted by atomic mass is 10.3. The topological polar surface area (TPSA) is 93.2 Å². The van der Waals surface area contributed by atoms with Crippen molar-refractivity contribution < 1.29 is 9.21 Å². The lowest BCUT2D eigenvalue weighted by Crippen LogP contribution is -2.25. The van der Waals surface area contributed by atoms with Crippen molar-refractivity contribution in [3.05, 3.63) is 41.4 Å². The summed E-state index contributed by atoms with van der Waals surface area (Å²) in [6, 6.07) is 4.92. The van der Waals surface area contributed by atoms with Crippen LogP contribution in [0.15, 0.2) is 35.1 Å². The number of amides is 1. The molecule has 4 N–H and O–H groups in total. The summed E-state index contributed by atoms with van der Waals surface area (Å²) in [6.07, 6.45) is 3.72. The zero-order chi connectivity index (χ0) is 14.4. The van der Waals surface area contributed by atoms with E-state index in [9.17, 15) is 4.79 Å². The zero-order valence-corrected chi connectivity index (χ0v) is 11.5. The molecule has 2 aromatic rings. The van der Waals surface area contributed by atoms with Crippen molar-refractivity contribution in [2.24, 2.45) is 0 Å². The summed E-state index contributed by atoms with van der Waals surface area (Å²) in [7, 11) is 0. The minimum Gasteiger partial charge on any atom is -0.459 e. The molecule has 0 spiro atoms. The van der Waals surface area contributed by atoms with Gasteiger partial charge in [0, 0.05) is 19.3 Å². The van der Waals surface area contributed by atoms with Crippen LogP contribution in [-0.4, -0.2) is 24.0 Å². The molecule has 0 saturated carbocycles. The molecular formula is C13H15ClN4O2. The van der Waals surface area contributed by atoms with Gasteiger partial charge in [0.2, 0.25) is 0 Å². The second kappa shape index (κ2) is 6.81. The molecule has 20 heavy (non-hydrogen) atoms. The zero-order valence-electron chi connectivity index (χ0n) is 10.7. The molecule has 6 nitrogen and oxygen atoms in total. The number of furan rings is 1. The minimum absolute atomic E-state index is 0.223. The highest BCUT2D eigenvalue weighted by molar-refractivity contribution is 6.30. The van der Waals surface area contributed by atoms with Gasteiger partial charge in [0.15, 0.2) is 5.76 Å². The molecule has 2 aromatic heterocycles. The highest BCUT2D eigenvalue weighted by Gasteiger charge is 2.06. The van der Waals surface area contributed by atoms with Gasteiger partial charge in [-0.25, -0.2) is 4.98 Å². The summed E-state index contributed by atoms with van der Waals surface area (Å²) >= 11 is 5.76. The van der Waals surface area contributed by atoms with Gasteiger partial charge in [-0.3, -0.25) is 4.79 Å². The molecule has 0 fully saturated rings. The molecule has 7 heteroatoms. The van der Waals surface area contributed by atoms with Gasteiger partial charge in [-0.15, -0.1) is 0 Å². The quantitative estimate of drug-likeness (QED) is 0.710. The van der Waals surface area contributed by atoms with Crippen LogP contribution in [0.4, 0.5) is 11.5 Å². The van der Waals surface area contributed by atoms with E-state index in [1.165, 1.54) is 12.5 Å². The highest BCUT2D eigenvalue weighted by Crippen LogP contribution is 2.18. The Morgan fingerprint density at radius 1 is 1.45 bits per heavy atom. The maximum Gasteiger partial charge on any atom is 0.286 e. The van der Waals surface area contributed by atoms with Gasteiger partial charge in [-0.1, -0.05) is 11.6 Å². The van der Waals surface area contributed by atoms with Crippen molar-refractivity contribution in [3.63, 3.8) is 0 Å². The Morgan fingerprint density at radius 2 is 2.30 bits per heavy atom. The number of anilines is 2. The van der Waals surface area contributed by atoms with Crippen LogP contribution in [0.3, 0.4) is 0 Å². The number of rotatable bonds is 6. The molecule has 2 heterocycles. The summed E-state index contributed by atoms with van der Waals surface area (Å²) in [6.45, 7) is 1.16. The van der Waals surface area contributed by atoms with E-state index in [2.05, 4.69) is 15.6 Å². The average molecular weight is 295 g/mol. The van der Waals surface area contributed by atoms with Gasteiger partial charge in [0.1, 0.15) is 5.82 Å². The number of carbonyl (C=O) groups is 1. The van der Waals surface area contributed by atoms with Crippen molar-refractivity contribution >= 4 is 29.0 Å². The standard InChI is InChI=1S/C13H15ClN4O2/c14-9-7-10(15)12(18-8-9)16-4-2-5-17-13(19)11-3-1-6-20-11/h1,3,6-8H,2,4-5,15H2,(H,16,18)(H,17,19). The van der Waals surface area contributed by atoms with Crippen molar-refractivity contribution in [3.8, 4) is 0 Å². The molecule has 0 radical (unpaired) electrons. The van der Waals surface area contributed by atoms with Crippen LogP contribution in [0, 0.1) is 0 Å². The number of halogens is 1. The fraction of sp³-hybridized carbons (Fsp3) is 0.231. The second-order valence-corrected chi connectivity index (χ2v) is 4.54. The number of nitrogens with zero attached hydrogens (tertiary/aromatic N) is 1. The third-order valence-corrected chi connectivity index (χ3v) is 2.77. The lowest BCUT2D eigenvalue weighted by molar-refractivity contribution is 0.0926. The summed E-state index contributed by atoms with van der Waals surface area (Å²) in [5.74, 6) is 0.674. The second-order valence-electron chi connectivity index (χ2n) is 4.10. The van der Waals surface area contributed by atoms with E-state index in [4.69, 9.17) is 21.8 Å². The number of hydrogen-bond donors (Lipinski definition) is 3. The minimum atomic E-state index is -0.223. The lowest BCUT2D eigenvalue weighted by Gasteiger charge is -2.08. The summed E-state index contributed by atoms with van der Waals surface area (Å²) in [5, 5.41) is 6.33. The molecule has 1 amide bonds. The number of nitrogens with two attached hydrogens (primary N) is 1. The number of carbonyl (C=O) groups excluding carboxylic acids is 1. The van der Waals surface area contributed by atoms with Crippen LogP contribution in [0.1, 0.15) is 17.0 Å². The Bertz CT molecular complexity index is 572. The summed E-state index contributed by atoms with van der Waals surface area (Å²) in [5.41, 5.74) is 6.25. The predicted octanol–water partition coefficient (Wildman–Crippen LogP) is 2.14. The fourth-order valence-electron chi connectivity index (χ4n) is 1.59. The SMILES string of the molecule is Nc1cc(Cl)cnc1NCCCNC(=O)c1ccco1.